The van der Waals surface area contributed by atoms with E-state index in [1.54, 1.807) is 29.2 Å². The van der Waals surface area contributed by atoms with Gasteiger partial charge in [0.05, 0.1) is 5.56 Å². The average Bonchev–Trinajstić information content (AvgIpc) is 2.82. The molecule has 0 saturated carbocycles. The molecule has 6 nitrogen and oxygen atoms in total. The van der Waals surface area contributed by atoms with Crippen molar-refractivity contribution in [1.29, 1.82) is 0 Å². The molecular formula is C26H32FN3O3. The Morgan fingerprint density at radius 2 is 1.76 bits per heavy atom. The van der Waals surface area contributed by atoms with Crippen LogP contribution in [0.15, 0.2) is 48.5 Å². The van der Waals surface area contributed by atoms with Gasteiger partial charge < -0.3 is 15.5 Å². The number of amides is 3. The Bertz CT molecular complexity index is 1000. The van der Waals surface area contributed by atoms with Crippen molar-refractivity contribution in [3.63, 3.8) is 0 Å². The standard InChI is InChI=1S/C26H32FN3O3/c1-4-18(3)28-25(32)23(29-24(31)20-9-7-8-17(2)16-20)19-12-14-30(15-13-19)26(33)21-10-5-6-11-22(21)27/h5-11,16,18-19,23H,4,12-15H2,1-3H3,(H,28,32)(H,29,31)/t18-,23+/m1/s1. The molecule has 2 aromatic rings. The zero-order chi connectivity index (χ0) is 24.0. The van der Waals surface area contributed by atoms with E-state index in [4.69, 9.17) is 0 Å². The van der Waals surface area contributed by atoms with Crippen molar-refractivity contribution >= 4 is 17.7 Å². The third-order valence-corrected chi connectivity index (χ3v) is 6.25. The van der Waals surface area contributed by atoms with Crippen molar-refractivity contribution in [3.05, 3.63) is 71.0 Å². The first-order valence-corrected chi connectivity index (χ1v) is 11.5. The fourth-order valence-corrected chi connectivity index (χ4v) is 4.08. The first-order valence-electron chi connectivity index (χ1n) is 11.5. The van der Waals surface area contributed by atoms with Gasteiger partial charge in [-0.15, -0.1) is 0 Å². The summed E-state index contributed by atoms with van der Waals surface area (Å²) < 4.78 is 14.0. The fraction of sp³-hybridized carbons (Fsp3) is 0.423. The molecule has 1 aliphatic heterocycles. The zero-order valence-corrected chi connectivity index (χ0v) is 19.4. The van der Waals surface area contributed by atoms with Gasteiger partial charge >= 0.3 is 0 Å². The third kappa shape index (κ3) is 6.18. The number of aryl methyl sites for hydroxylation is 1. The van der Waals surface area contributed by atoms with Crippen LogP contribution < -0.4 is 10.6 Å². The average molecular weight is 454 g/mol. The molecule has 7 heteroatoms. The quantitative estimate of drug-likeness (QED) is 0.671. The lowest BCUT2D eigenvalue weighted by molar-refractivity contribution is -0.125. The molecule has 2 N–H and O–H groups in total. The summed E-state index contributed by atoms with van der Waals surface area (Å²) in [5.41, 5.74) is 1.52. The second-order valence-corrected chi connectivity index (χ2v) is 8.75. The van der Waals surface area contributed by atoms with Crippen LogP contribution in [-0.4, -0.2) is 47.8 Å². The molecule has 0 aliphatic carbocycles. The molecule has 2 atom stereocenters. The Balaban J connectivity index is 1.71. The second kappa shape index (κ2) is 11.1. The maximum Gasteiger partial charge on any atom is 0.256 e. The van der Waals surface area contributed by atoms with Gasteiger partial charge in [0.25, 0.3) is 11.8 Å². The van der Waals surface area contributed by atoms with E-state index in [0.717, 1.165) is 12.0 Å². The minimum absolute atomic E-state index is 0.0152. The number of carbonyl (C=O) groups excluding carboxylic acids is 3. The molecule has 0 unspecified atom stereocenters. The van der Waals surface area contributed by atoms with E-state index < -0.39 is 11.9 Å². The normalized spacial score (nSPS) is 16.1. The number of benzene rings is 2. The Hall–Kier alpha value is -3.22. The molecule has 33 heavy (non-hydrogen) atoms. The summed E-state index contributed by atoms with van der Waals surface area (Å²) in [6.45, 7) is 6.60. The summed E-state index contributed by atoms with van der Waals surface area (Å²) in [4.78, 5) is 40.3. The molecule has 3 rings (SSSR count). The highest BCUT2D eigenvalue weighted by molar-refractivity contribution is 5.98. The summed E-state index contributed by atoms with van der Waals surface area (Å²) in [7, 11) is 0. The fourth-order valence-electron chi connectivity index (χ4n) is 4.08. The van der Waals surface area contributed by atoms with Crippen molar-refractivity contribution in [1.82, 2.24) is 15.5 Å². The first kappa shape index (κ1) is 24.4. The highest BCUT2D eigenvalue weighted by atomic mass is 19.1. The van der Waals surface area contributed by atoms with Gasteiger partial charge in [0.15, 0.2) is 0 Å². The highest BCUT2D eigenvalue weighted by Gasteiger charge is 2.35. The van der Waals surface area contributed by atoms with Crippen molar-refractivity contribution in [3.8, 4) is 0 Å². The van der Waals surface area contributed by atoms with E-state index in [2.05, 4.69) is 10.6 Å². The van der Waals surface area contributed by atoms with Crippen LogP contribution in [-0.2, 0) is 4.79 Å². The molecule has 0 radical (unpaired) electrons. The van der Waals surface area contributed by atoms with Gasteiger partial charge in [0.2, 0.25) is 5.91 Å². The zero-order valence-electron chi connectivity index (χ0n) is 19.4. The largest absolute Gasteiger partial charge is 0.352 e. The molecule has 0 aromatic heterocycles. The number of rotatable bonds is 7. The predicted octanol–water partition coefficient (Wildman–Crippen LogP) is 3.70. The smallest absolute Gasteiger partial charge is 0.256 e. The monoisotopic (exact) mass is 453 g/mol. The van der Waals surface area contributed by atoms with Crippen LogP contribution >= 0.6 is 0 Å². The highest BCUT2D eigenvalue weighted by Crippen LogP contribution is 2.24. The molecule has 0 spiro atoms. The SMILES string of the molecule is CC[C@@H](C)NC(=O)[C@@H](NC(=O)c1cccc(C)c1)C1CCN(C(=O)c2ccccc2F)CC1. The Morgan fingerprint density at radius 1 is 1.06 bits per heavy atom. The maximum atomic E-state index is 14.0. The number of nitrogens with zero attached hydrogens (tertiary/aromatic N) is 1. The van der Waals surface area contributed by atoms with Crippen LogP contribution in [0.2, 0.25) is 0 Å². The lowest BCUT2D eigenvalue weighted by atomic mass is 9.88. The lowest BCUT2D eigenvalue weighted by Crippen LogP contribution is -2.55. The van der Waals surface area contributed by atoms with E-state index in [1.165, 1.54) is 12.1 Å². The summed E-state index contributed by atoms with van der Waals surface area (Å²) in [5, 5.41) is 5.91. The summed E-state index contributed by atoms with van der Waals surface area (Å²) in [6.07, 6.45) is 1.85. The van der Waals surface area contributed by atoms with Crippen LogP contribution in [0.1, 0.15) is 59.4 Å². The van der Waals surface area contributed by atoms with Gasteiger partial charge in [0.1, 0.15) is 11.9 Å². The minimum Gasteiger partial charge on any atom is -0.352 e. The number of nitrogens with one attached hydrogen (secondary N) is 2. The number of halogens is 1. The predicted molar refractivity (Wildman–Crippen MR) is 125 cm³/mol. The molecular weight excluding hydrogens is 421 g/mol. The maximum absolute atomic E-state index is 14.0. The van der Waals surface area contributed by atoms with Crippen LogP contribution in [0.4, 0.5) is 4.39 Å². The summed E-state index contributed by atoms with van der Waals surface area (Å²) >= 11 is 0. The van der Waals surface area contributed by atoms with E-state index in [-0.39, 0.29) is 35.2 Å². The van der Waals surface area contributed by atoms with E-state index >= 15 is 0 Å². The number of likely N-dealkylation sites (tertiary alicyclic amines) is 1. The Morgan fingerprint density at radius 3 is 2.39 bits per heavy atom. The summed E-state index contributed by atoms with van der Waals surface area (Å²) in [5.74, 6) is -1.54. The molecule has 176 valence electrons. The van der Waals surface area contributed by atoms with Gasteiger partial charge in [-0.1, -0.05) is 36.8 Å². The number of carbonyl (C=O) groups is 3. The van der Waals surface area contributed by atoms with Gasteiger partial charge in [0, 0.05) is 24.7 Å². The van der Waals surface area contributed by atoms with Crippen LogP contribution in [0.5, 0.6) is 0 Å². The molecule has 1 aliphatic rings. The lowest BCUT2D eigenvalue weighted by Gasteiger charge is -2.36. The molecule has 1 saturated heterocycles. The van der Waals surface area contributed by atoms with Gasteiger partial charge in [-0.25, -0.2) is 4.39 Å². The third-order valence-electron chi connectivity index (χ3n) is 6.25. The van der Waals surface area contributed by atoms with Crippen LogP contribution in [0, 0.1) is 18.7 Å². The second-order valence-electron chi connectivity index (χ2n) is 8.75. The van der Waals surface area contributed by atoms with Crippen molar-refractivity contribution in [2.75, 3.05) is 13.1 Å². The van der Waals surface area contributed by atoms with Crippen LogP contribution in [0.25, 0.3) is 0 Å². The number of hydrogen-bond donors (Lipinski definition) is 2. The van der Waals surface area contributed by atoms with Crippen molar-refractivity contribution in [2.45, 2.75) is 52.1 Å². The van der Waals surface area contributed by atoms with Gasteiger partial charge in [-0.05, 0) is 63.3 Å². The molecule has 1 fully saturated rings. The first-order chi connectivity index (χ1) is 15.8. The molecule has 1 heterocycles. The van der Waals surface area contributed by atoms with E-state index in [0.29, 0.717) is 31.5 Å². The number of hydrogen-bond acceptors (Lipinski definition) is 3. The minimum atomic E-state index is -0.710. The van der Waals surface area contributed by atoms with Gasteiger partial charge in [-0.3, -0.25) is 14.4 Å². The van der Waals surface area contributed by atoms with Crippen molar-refractivity contribution < 1.29 is 18.8 Å². The Kier molecular flexibility index (Phi) is 8.20. The number of piperidine rings is 1. The summed E-state index contributed by atoms with van der Waals surface area (Å²) in [6, 6.07) is 12.4. The molecule has 2 aromatic carbocycles. The van der Waals surface area contributed by atoms with Crippen molar-refractivity contribution in [2.24, 2.45) is 5.92 Å². The van der Waals surface area contributed by atoms with E-state index in [1.807, 2.05) is 32.9 Å². The Labute approximate surface area is 194 Å². The van der Waals surface area contributed by atoms with Gasteiger partial charge in [-0.2, -0.15) is 0 Å². The topological polar surface area (TPSA) is 78.5 Å². The molecule has 0 bridgehead atoms. The molecule has 3 amide bonds. The van der Waals surface area contributed by atoms with Crippen LogP contribution in [0.3, 0.4) is 0 Å². The van der Waals surface area contributed by atoms with E-state index in [9.17, 15) is 18.8 Å².